The standard InChI is InChI=1S/C29H62N2O3Si/c1-5-6-7-8-9-10-11-12-13-14-15-16-17-18-19-20-22-30(2,3)23-21-28-35-32-26-24-31(4,29-34-35)25-27-33-35/h5-29H2,1-4H3/q+2. The highest BCUT2D eigenvalue weighted by atomic mass is 28.4. The van der Waals surface area contributed by atoms with Gasteiger partial charge in [0.2, 0.25) is 0 Å². The van der Waals surface area contributed by atoms with Crippen LogP contribution in [0.5, 0.6) is 0 Å². The van der Waals surface area contributed by atoms with Crippen molar-refractivity contribution in [1.29, 1.82) is 0 Å². The van der Waals surface area contributed by atoms with Gasteiger partial charge in [-0.3, -0.25) is 0 Å². The zero-order valence-corrected chi connectivity index (χ0v) is 25.3. The van der Waals surface area contributed by atoms with Gasteiger partial charge in [0, 0.05) is 12.5 Å². The fourth-order valence-electron chi connectivity index (χ4n) is 5.60. The van der Waals surface area contributed by atoms with Gasteiger partial charge in [-0.2, -0.15) is 0 Å². The van der Waals surface area contributed by atoms with Crippen molar-refractivity contribution in [2.75, 3.05) is 67.3 Å². The number of nitrogens with zero attached hydrogens (tertiary/aromatic N) is 2. The van der Waals surface area contributed by atoms with Gasteiger partial charge < -0.3 is 22.2 Å². The van der Waals surface area contributed by atoms with Crippen molar-refractivity contribution in [3.8, 4) is 0 Å². The lowest BCUT2D eigenvalue weighted by Crippen LogP contribution is -2.48. The second-order valence-electron chi connectivity index (χ2n) is 12.5. The molecule has 2 saturated heterocycles. The quantitative estimate of drug-likeness (QED) is 0.0926. The summed E-state index contributed by atoms with van der Waals surface area (Å²) in [5.74, 6) is 0. The Hall–Kier alpha value is 0.0169. The van der Waals surface area contributed by atoms with Crippen LogP contribution in [-0.4, -0.2) is 85.0 Å². The van der Waals surface area contributed by atoms with Crippen molar-refractivity contribution < 1.29 is 22.2 Å². The SMILES string of the molecule is CCCCCCCCCCCCCCCCCC[N+](C)(C)CCC[Si]12OCC[N+](C)(CCO1)CO2. The van der Waals surface area contributed by atoms with Crippen molar-refractivity contribution in [2.24, 2.45) is 0 Å². The van der Waals surface area contributed by atoms with Crippen LogP contribution in [0.1, 0.15) is 116 Å². The van der Waals surface area contributed by atoms with Crippen molar-refractivity contribution in [3.63, 3.8) is 0 Å². The number of hydrogen-bond donors (Lipinski definition) is 0. The van der Waals surface area contributed by atoms with Gasteiger partial charge in [-0.05, 0) is 12.8 Å². The molecule has 0 aromatic rings. The van der Waals surface area contributed by atoms with Gasteiger partial charge in [0.25, 0.3) is 0 Å². The molecule has 0 unspecified atom stereocenters. The molecule has 2 bridgehead atoms. The van der Waals surface area contributed by atoms with E-state index in [2.05, 4.69) is 28.1 Å². The summed E-state index contributed by atoms with van der Waals surface area (Å²) in [5.41, 5.74) is 0. The minimum Gasteiger partial charge on any atom is -0.367 e. The normalized spacial score (nSPS) is 25.0. The Morgan fingerprint density at radius 2 is 1.03 bits per heavy atom. The molecule has 5 nitrogen and oxygen atoms in total. The average molecular weight is 515 g/mol. The van der Waals surface area contributed by atoms with Crippen LogP contribution in [-0.2, 0) is 13.3 Å². The van der Waals surface area contributed by atoms with E-state index in [9.17, 15) is 0 Å². The number of fused-ring (bicyclic) bond motifs is 3. The van der Waals surface area contributed by atoms with E-state index in [0.29, 0.717) is 0 Å². The Bertz CT molecular complexity index is 522. The number of hydrogen-bond acceptors (Lipinski definition) is 3. The molecule has 35 heavy (non-hydrogen) atoms. The van der Waals surface area contributed by atoms with Crippen molar-refractivity contribution in [1.82, 2.24) is 0 Å². The van der Waals surface area contributed by atoms with Gasteiger partial charge >= 0.3 is 8.80 Å². The summed E-state index contributed by atoms with van der Waals surface area (Å²) in [6.07, 6.45) is 24.1. The molecule has 208 valence electrons. The largest absolute Gasteiger partial charge is 0.505 e. The van der Waals surface area contributed by atoms with E-state index < -0.39 is 8.80 Å². The van der Waals surface area contributed by atoms with E-state index in [4.69, 9.17) is 13.3 Å². The molecule has 0 atom stereocenters. The summed E-state index contributed by atoms with van der Waals surface area (Å²) in [4.78, 5) is 0. The predicted octanol–water partition coefficient (Wildman–Crippen LogP) is 7.13. The molecule has 0 amide bonds. The van der Waals surface area contributed by atoms with Crippen LogP contribution >= 0.6 is 0 Å². The van der Waals surface area contributed by atoms with Crippen molar-refractivity contribution >= 4 is 8.80 Å². The van der Waals surface area contributed by atoms with Gasteiger partial charge in [-0.25, -0.2) is 0 Å². The van der Waals surface area contributed by atoms with Gasteiger partial charge in [0.1, 0.15) is 13.1 Å². The maximum atomic E-state index is 6.29. The third-order valence-corrected chi connectivity index (χ3v) is 11.2. The molecule has 2 heterocycles. The average Bonchev–Trinajstić information content (AvgIpc) is 3.07. The lowest BCUT2D eigenvalue weighted by molar-refractivity contribution is -0.922. The number of unbranched alkanes of at least 4 members (excludes halogenated alkanes) is 15. The molecule has 0 N–H and O–H groups in total. The first-order valence-corrected chi connectivity index (χ1v) is 17.4. The molecule has 2 aliphatic rings. The monoisotopic (exact) mass is 514 g/mol. The van der Waals surface area contributed by atoms with E-state index in [-0.39, 0.29) is 0 Å². The fraction of sp³-hybridized carbons (Fsp3) is 1.00. The Labute approximate surface area is 220 Å². The van der Waals surface area contributed by atoms with E-state index >= 15 is 0 Å². The molecule has 2 rings (SSSR count). The van der Waals surface area contributed by atoms with E-state index in [0.717, 1.165) is 54.5 Å². The molecule has 0 saturated carbocycles. The Balaban J connectivity index is 1.40. The van der Waals surface area contributed by atoms with Crippen molar-refractivity contribution in [2.45, 2.75) is 122 Å². The Morgan fingerprint density at radius 3 is 1.51 bits per heavy atom. The van der Waals surface area contributed by atoms with E-state index in [1.807, 2.05) is 0 Å². The molecular weight excluding hydrogens is 452 g/mol. The molecule has 0 aromatic carbocycles. The zero-order valence-electron chi connectivity index (χ0n) is 24.3. The summed E-state index contributed by atoms with van der Waals surface area (Å²) in [6, 6.07) is 0.980. The summed E-state index contributed by atoms with van der Waals surface area (Å²) in [6.45, 7) is 9.23. The maximum absolute atomic E-state index is 6.29. The van der Waals surface area contributed by atoms with Gasteiger partial charge in [0.15, 0.2) is 6.73 Å². The van der Waals surface area contributed by atoms with Crippen LogP contribution in [0.3, 0.4) is 0 Å². The second-order valence-corrected chi connectivity index (χ2v) is 15.2. The van der Waals surface area contributed by atoms with Crippen LogP contribution in [0, 0.1) is 0 Å². The van der Waals surface area contributed by atoms with Crippen LogP contribution in [0.15, 0.2) is 0 Å². The summed E-state index contributed by atoms with van der Waals surface area (Å²) < 4.78 is 20.7. The van der Waals surface area contributed by atoms with Crippen LogP contribution < -0.4 is 0 Å². The lowest BCUT2D eigenvalue weighted by Gasteiger charge is -2.32. The van der Waals surface area contributed by atoms with E-state index in [1.165, 1.54) is 116 Å². The summed E-state index contributed by atoms with van der Waals surface area (Å²) in [5, 5.41) is 0. The highest BCUT2D eigenvalue weighted by Gasteiger charge is 2.49. The Morgan fingerprint density at radius 1 is 0.600 bits per heavy atom. The molecule has 2 aliphatic heterocycles. The van der Waals surface area contributed by atoms with E-state index in [1.54, 1.807) is 0 Å². The smallest absolute Gasteiger partial charge is 0.367 e. The first-order valence-electron chi connectivity index (χ1n) is 15.5. The molecule has 0 aromatic heterocycles. The number of likely N-dealkylation sites (N-methyl/N-ethyl adjacent to an activating group) is 1. The number of rotatable bonds is 21. The highest BCUT2D eigenvalue weighted by molar-refractivity contribution is 6.60. The first kappa shape index (κ1) is 31.2. The highest BCUT2D eigenvalue weighted by Crippen LogP contribution is 2.26. The van der Waals surface area contributed by atoms with Gasteiger partial charge in [-0.15, -0.1) is 0 Å². The molecule has 0 aliphatic carbocycles. The molecule has 2 fully saturated rings. The number of quaternary nitrogens is 2. The summed E-state index contributed by atoms with van der Waals surface area (Å²) >= 11 is 0. The second kappa shape index (κ2) is 17.5. The van der Waals surface area contributed by atoms with Crippen LogP contribution in [0.2, 0.25) is 6.04 Å². The predicted molar refractivity (Wildman–Crippen MR) is 150 cm³/mol. The van der Waals surface area contributed by atoms with Gasteiger partial charge in [0.05, 0.1) is 47.4 Å². The first-order chi connectivity index (χ1) is 16.9. The fourth-order valence-corrected chi connectivity index (χ4v) is 8.19. The van der Waals surface area contributed by atoms with Gasteiger partial charge in [-0.1, -0.05) is 96.8 Å². The topological polar surface area (TPSA) is 27.7 Å². The minimum atomic E-state index is -2.44. The van der Waals surface area contributed by atoms with Crippen molar-refractivity contribution in [3.05, 3.63) is 0 Å². The minimum absolute atomic E-state index is 0.768. The summed E-state index contributed by atoms with van der Waals surface area (Å²) in [7, 11) is 4.60. The lowest BCUT2D eigenvalue weighted by atomic mass is 10.0. The van der Waals surface area contributed by atoms with Crippen LogP contribution in [0.25, 0.3) is 0 Å². The third-order valence-electron chi connectivity index (χ3n) is 8.37. The molecule has 0 spiro atoms. The zero-order chi connectivity index (χ0) is 25.3. The third kappa shape index (κ3) is 13.9. The molecule has 0 radical (unpaired) electrons. The van der Waals surface area contributed by atoms with Crippen LogP contribution in [0.4, 0.5) is 0 Å². The maximum Gasteiger partial charge on any atom is 0.505 e. The Kier molecular flexibility index (Phi) is 15.6. The molecule has 6 heteroatoms. The molecular formula is C29H62N2O3Si+2.